The van der Waals surface area contributed by atoms with Crippen LogP contribution in [0.5, 0.6) is 5.88 Å². The van der Waals surface area contributed by atoms with Crippen molar-refractivity contribution < 1.29 is 27.6 Å². The first-order chi connectivity index (χ1) is 11.7. The minimum Gasteiger partial charge on any atom is -0.468 e. The van der Waals surface area contributed by atoms with Gasteiger partial charge in [0.1, 0.15) is 0 Å². The summed E-state index contributed by atoms with van der Waals surface area (Å²) in [5.74, 6) is -0.734. The van der Waals surface area contributed by atoms with E-state index in [4.69, 9.17) is 0 Å². The number of hydrogen-bond acceptors (Lipinski definition) is 6. The summed E-state index contributed by atoms with van der Waals surface area (Å²) < 4.78 is 40.9. The molecule has 0 atom stereocenters. The quantitative estimate of drug-likeness (QED) is 0.618. The Bertz CT molecular complexity index is 792. The Balaban J connectivity index is 1.98. The van der Waals surface area contributed by atoms with Crippen LogP contribution in [-0.2, 0) is 6.54 Å². The van der Waals surface area contributed by atoms with E-state index in [9.17, 15) is 28.1 Å². The SMILES string of the molecule is Cc1sc(C(=O)NCc2ccnc(OCC(F)(F)F)c2)cc1[N+](=O)[O-]. The van der Waals surface area contributed by atoms with Gasteiger partial charge in [0.15, 0.2) is 6.61 Å². The second-order valence-corrected chi connectivity index (χ2v) is 6.15. The maximum Gasteiger partial charge on any atom is 0.422 e. The van der Waals surface area contributed by atoms with Crippen LogP contribution >= 0.6 is 11.3 Å². The molecule has 0 aliphatic carbocycles. The van der Waals surface area contributed by atoms with Gasteiger partial charge >= 0.3 is 6.18 Å². The maximum atomic E-state index is 12.1. The van der Waals surface area contributed by atoms with Crippen LogP contribution in [0.4, 0.5) is 18.9 Å². The Morgan fingerprint density at radius 2 is 2.16 bits per heavy atom. The van der Waals surface area contributed by atoms with Gasteiger partial charge in [-0.25, -0.2) is 4.98 Å². The molecular weight excluding hydrogens is 363 g/mol. The highest BCUT2D eigenvalue weighted by Crippen LogP contribution is 2.28. The molecule has 11 heteroatoms. The van der Waals surface area contributed by atoms with Gasteiger partial charge in [0.05, 0.1) is 14.7 Å². The lowest BCUT2D eigenvalue weighted by Crippen LogP contribution is -2.22. The molecule has 0 aliphatic rings. The molecule has 7 nitrogen and oxygen atoms in total. The van der Waals surface area contributed by atoms with Gasteiger partial charge < -0.3 is 10.1 Å². The van der Waals surface area contributed by atoms with E-state index in [1.807, 2.05) is 0 Å². The zero-order valence-corrected chi connectivity index (χ0v) is 13.6. The number of carbonyl (C=O) groups excluding carboxylic acids is 1. The van der Waals surface area contributed by atoms with Crippen molar-refractivity contribution >= 4 is 22.9 Å². The number of ether oxygens (including phenoxy) is 1. The minimum absolute atomic E-state index is 0.00841. The second kappa shape index (κ2) is 7.47. The van der Waals surface area contributed by atoms with E-state index in [-0.39, 0.29) is 23.0 Å². The summed E-state index contributed by atoms with van der Waals surface area (Å²) in [6.45, 7) is 0.0785. The summed E-state index contributed by atoms with van der Waals surface area (Å²) in [6, 6.07) is 3.96. The smallest absolute Gasteiger partial charge is 0.422 e. The Morgan fingerprint density at radius 1 is 1.44 bits per heavy atom. The van der Waals surface area contributed by atoms with Crippen molar-refractivity contribution in [2.75, 3.05) is 6.61 Å². The lowest BCUT2D eigenvalue weighted by atomic mass is 10.2. The molecule has 0 aliphatic heterocycles. The van der Waals surface area contributed by atoms with Gasteiger partial charge in [0.2, 0.25) is 5.88 Å². The van der Waals surface area contributed by atoms with E-state index < -0.39 is 23.6 Å². The number of nitro groups is 1. The Kier molecular flexibility index (Phi) is 5.57. The molecule has 2 aromatic heterocycles. The molecule has 2 heterocycles. The first-order valence-electron chi connectivity index (χ1n) is 6.83. The van der Waals surface area contributed by atoms with E-state index in [2.05, 4.69) is 15.0 Å². The fraction of sp³-hybridized carbons (Fsp3) is 0.286. The number of alkyl halides is 3. The highest BCUT2D eigenvalue weighted by Gasteiger charge is 2.28. The van der Waals surface area contributed by atoms with Crippen molar-refractivity contribution in [2.24, 2.45) is 0 Å². The summed E-state index contributed by atoms with van der Waals surface area (Å²) in [7, 11) is 0. The van der Waals surface area contributed by atoms with Gasteiger partial charge in [-0.05, 0) is 18.6 Å². The third-order valence-electron chi connectivity index (χ3n) is 2.95. The normalized spacial score (nSPS) is 11.2. The fourth-order valence-corrected chi connectivity index (χ4v) is 2.73. The summed E-state index contributed by atoms with van der Waals surface area (Å²) in [4.78, 5) is 26.5. The number of amides is 1. The number of nitrogens with zero attached hydrogens (tertiary/aromatic N) is 2. The number of aromatic nitrogens is 1. The number of thiophene rings is 1. The average molecular weight is 375 g/mol. The number of nitrogens with one attached hydrogen (secondary N) is 1. The molecule has 0 radical (unpaired) electrons. The number of rotatable bonds is 6. The van der Waals surface area contributed by atoms with Crippen LogP contribution < -0.4 is 10.1 Å². The van der Waals surface area contributed by atoms with Crippen LogP contribution in [0.1, 0.15) is 20.1 Å². The van der Waals surface area contributed by atoms with Crippen molar-refractivity contribution in [3.8, 4) is 5.88 Å². The summed E-state index contributed by atoms with van der Waals surface area (Å²) in [5, 5.41) is 13.3. The molecule has 2 aromatic rings. The lowest BCUT2D eigenvalue weighted by Gasteiger charge is -2.09. The van der Waals surface area contributed by atoms with Gasteiger partial charge in [-0.1, -0.05) is 0 Å². The second-order valence-electron chi connectivity index (χ2n) is 4.90. The Morgan fingerprint density at radius 3 is 2.76 bits per heavy atom. The van der Waals surface area contributed by atoms with E-state index in [1.165, 1.54) is 31.3 Å². The van der Waals surface area contributed by atoms with Gasteiger partial charge in [0, 0.05) is 24.9 Å². The van der Waals surface area contributed by atoms with E-state index in [1.54, 1.807) is 0 Å². The van der Waals surface area contributed by atoms with Crippen LogP contribution in [0.15, 0.2) is 24.4 Å². The molecule has 1 N–H and O–H groups in total. The number of carbonyl (C=O) groups is 1. The molecular formula is C14H12F3N3O4S. The van der Waals surface area contributed by atoms with Gasteiger partial charge in [-0.15, -0.1) is 11.3 Å². The Labute approximate surface area is 143 Å². The third-order valence-corrected chi connectivity index (χ3v) is 3.99. The summed E-state index contributed by atoms with van der Waals surface area (Å²) in [5.41, 5.74) is 0.338. The van der Waals surface area contributed by atoms with Gasteiger partial charge in [-0.2, -0.15) is 13.2 Å². The zero-order valence-electron chi connectivity index (χ0n) is 12.8. The fourth-order valence-electron chi connectivity index (χ4n) is 1.83. The molecule has 2 rings (SSSR count). The lowest BCUT2D eigenvalue weighted by molar-refractivity contribution is -0.385. The summed E-state index contributed by atoms with van der Waals surface area (Å²) >= 11 is 0.984. The molecule has 1 amide bonds. The van der Waals surface area contributed by atoms with Gasteiger partial charge in [0.25, 0.3) is 11.6 Å². The van der Waals surface area contributed by atoms with Crippen molar-refractivity contribution in [3.05, 3.63) is 49.8 Å². The third kappa shape index (κ3) is 5.41. The Hall–Kier alpha value is -2.69. The van der Waals surface area contributed by atoms with Crippen molar-refractivity contribution in [1.29, 1.82) is 0 Å². The van der Waals surface area contributed by atoms with Crippen LogP contribution in [0.2, 0.25) is 0 Å². The maximum absolute atomic E-state index is 12.1. The molecule has 0 spiro atoms. The van der Waals surface area contributed by atoms with Crippen molar-refractivity contribution in [2.45, 2.75) is 19.6 Å². The number of halogens is 3. The predicted molar refractivity (Wildman–Crippen MR) is 82.7 cm³/mol. The molecule has 25 heavy (non-hydrogen) atoms. The van der Waals surface area contributed by atoms with Gasteiger partial charge in [-0.3, -0.25) is 14.9 Å². The first-order valence-corrected chi connectivity index (χ1v) is 7.65. The molecule has 0 bridgehead atoms. The number of aryl methyl sites for hydroxylation is 1. The molecule has 134 valence electrons. The number of hydrogen-bond donors (Lipinski definition) is 1. The molecule has 0 unspecified atom stereocenters. The standard InChI is InChI=1S/C14H12F3N3O4S/c1-8-10(20(22)23)5-11(25-8)13(21)19-6-9-2-3-18-12(4-9)24-7-14(15,16)17/h2-5H,6-7H2,1H3,(H,19,21). The minimum atomic E-state index is -4.47. The van der Waals surface area contributed by atoms with Crippen LogP contribution in [0.3, 0.4) is 0 Å². The van der Waals surface area contributed by atoms with E-state index >= 15 is 0 Å². The van der Waals surface area contributed by atoms with Crippen LogP contribution in [0, 0.1) is 17.0 Å². The highest BCUT2D eigenvalue weighted by atomic mass is 32.1. The van der Waals surface area contributed by atoms with E-state index in [0.29, 0.717) is 10.4 Å². The average Bonchev–Trinajstić information content (AvgIpc) is 2.93. The molecule has 0 saturated carbocycles. The monoisotopic (exact) mass is 375 g/mol. The molecule has 0 saturated heterocycles. The van der Waals surface area contributed by atoms with Crippen LogP contribution in [0.25, 0.3) is 0 Å². The van der Waals surface area contributed by atoms with Crippen LogP contribution in [-0.4, -0.2) is 28.6 Å². The van der Waals surface area contributed by atoms with E-state index in [0.717, 1.165) is 11.3 Å². The predicted octanol–water partition coefficient (Wildman–Crippen LogP) is 3.23. The first kappa shape index (κ1) is 18.6. The summed E-state index contributed by atoms with van der Waals surface area (Å²) in [6.07, 6.45) is -3.22. The molecule has 0 aromatic carbocycles. The van der Waals surface area contributed by atoms with Crippen molar-refractivity contribution in [1.82, 2.24) is 10.3 Å². The molecule has 0 fully saturated rings. The highest BCUT2D eigenvalue weighted by molar-refractivity contribution is 7.14. The largest absolute Gasteiger partial charge is 0.468 e. The number of pyridine rings is 1. The zero-order chi connectivity index (χ0) is 18.6. The topological polar surface area (TPSA) is 94.4 Å². The van der Waals surface area contributed by atoms with Crippen molar-refractivity contribution in [3.63, 3.8) is 0 Å².